The van der Waals surface area contributed by atoms with Crippen molar-refractivity contribution in [3.05, 3.63) is 34.9 Å². The van der Waals surface area contributed by atoms with Crippen LogP contribution in [0.1, 0.15) is 46.0 Å². The van der Waals surface area contributed by atoms with E-state index in [1.54, 1.807) is 6.07 Å². The Labute approximate surface area is 112 Å². The fraction of sp³-hybridized carbons (Fsp3) is 0.467. The minimum absolute atomic E-state index is 0.0264. The lowest BCUT2D eigenvalue weighted by molar-refractivity contribution is 0.0521. The highest BCUT2D eigenvalue weighted by Gasteiger charge is 2.42. The first-order valence-electron chi connectivity index (χ1n) is 6.81. The molecule has 0 radical (unpaired) electrons. The van der Waals surface area contributed by atoms with Crippen molar-refractivity contribution >= 4 is 11.8 Å². The fourth-order valence-corrected chi connectivity index (χ4v) is 3.05. The van der Waals surface area contributed by atoms with Gasteiger partial charge in [0.1, 0.15) is 0 Å². The molecule has 19 heavy (non-hydrogen) atoms. The lowest BCUT2D eigenvalue weighted by Crippen LogP contribution is -2.54. The van der Waals surface area contributed by atoms with Crippen molar-refractivity contribution in [2.45, 2.75) is 38.8 Å². The largest absolute Gasteiger partial charge is 0.312 e. The van der Waals surface area contributed by atoms with E-state index in [0.29, 0.717) is 11.1 Å². The van der Waals surface area contributed by atoms with Crippen LogP contribution in [0, 0.1) is 6.92 Å². The number of hydrogen-bond acceptors (Lipinski definition) is 3. The van der Waals surface area contributed by atoms with Gasteiger partial charge in [0.05, 0.1) is 17.2 Å². The highest BCUT2D eigenvalue weighted by molar-refractivity contribution is 6.21. The molecule has 4 nitrogen and oxygen atoms in total. The van der Waals surface area contributed by atoms with Crippen LogP contribution in [0.5, 0.6) is 0 Å². The molecule has 4 heteroatoms. The minimum Gasteiger partial charge on any atom is -0.312 e. The van der Waals surface area contributed by atoms with Crippen molar-refractivity contribution in [1.29, 1.82) is 0 Å². The Balaban J connectivity index is 1.98. The predicted molar refractivity (Wildman–Crippen MR) is 72.2 cm³/mol. The summed E-state index contributed by atoms with van der Waals surface area (Å²) >= 11 is 0. The molecule has 0 spiro atoms. The molecule has 2 atom stereocenters. The standard InChI is InChI=1S/C15H18N2O2/c1-9-5-6-11-12(8-9)15(19)17(14(11)18)13-4-3-7-16-10(13)2/h5-6,8,10,13,16H,3-4,7H2,1-2H3. The summed E-state index contributed by atoms with van der Waals surface area (Å²) < 4.78 is 0. The smallest absolute Gasteiger partial charge is 0.261 e. The second kappa shape index (κ2) is 4.46. The van der Waals surface area contributed by atoms with Gasteiger partial charge in [-0.15, -0.1) is 0 Å². The number of nitrogens with zero attached hydrogens (tertiary/aromatic N) is 1. The van der Waals surface area contributed by atoms with Gasteiger partial charge in [-0.25, -0.2) is 0 Å². The number of rotatable bonds is 1. The number of carbonyl (C=O) groups is 2. The summed E-state index contributed by atoms with van der Waals surface area (Å²) in [5.74, 6) is -0.273. The van der Waals surface area contributed by atoms with Gasteiger partial charge in [-0.1, -0.05) is 11.6 Å². The van der Waals surface area contributed by atoms with Crippen LogP contribution in [-0.4, -0.2) is 35.3 Å². The van der Waals surface area contributed by atoms with E-state index in [0.717, 1.165) is 24.9 Å². The number of nitrogens with one attached hydrogen (secondary N) is 1. The molecule has 0 saturated carbocycles. The van der Waals surface area contributed by atoms with Crippen LogP contribution in [0.25, 0.3) is 0 Å². The first kappa shape index (κ1) is 12.4. The monoisotopic (exact) mass is 258 g/mol. The number of hydrogen-bond donors (Lipinski definition) is 1. The average molecular weight is 258 g/mol. The third kappa shape index (κ3) is 1.87. The number of fused-ring (bicyclic) bond motifs is 1. The van der Waals surface area contributed by atoms with Crippen LogP contribution in [0.4, 0.5) is 0 Å². The Morgan fingerprint density at radius 2 is 1.95 bits per heavy atom. The highest BCUT2D eigenvalue weighted by atomic mass is 16.2. The summed E-state index contributed by atoms with van der Waals surface area (Å²) in [6.45, 7) is 4.93. The number of piperidine rings is 1. The van der Waals surface area contributed by atoms with Gasteiger partial charge in [-0.05, 0) is 45.4 Å². The molecule has 0 bridgehead atoms. The molecule has 3 rings (SSSR count). The SMILES string of the molecule is Cc1ccc2c(c1)C(=O)N(C1CCCNC1C)C2=O. The topological polar surface area (TPSA) is 49.4 Å². The molecule has 2 unspecified atom stereocenters. The van der Waals surface area contributed by atoms with Crippen molar-refractivity contribution in [2.75, 3.05) is 6.54 Å². The summed E-state index contributed by atoms with van der Waals surface area (Å²) in [6.07, 6.45) is 1.89. The van der Waals surface area contributed by atoms with Gasteiger partial charge in [0.25, 0.3) is 11.8 Å². The molecule has 2 amide bonds. The van der Waals surface area contributed by atoms with Crippen LogP contribution >= 0.6 is 0 Å². The molecule has 1 aromatic rings. The third-order valence-corrected chi connectivity index (χ3v) is 4.13. The maximum absolute atomic E-state index is 12.5. The molecular formula is C15H18N2O2. The molecule has 100 valence electrons. The van der Waals surface area contributed by atoms with Crippen molar-refractivity contribution < 1.29 is 9.59 Å². The number of aryl methyl sites for hydroxylation is 1. The maximum Gasteiger partial charge on any atom is 0.261 e. The van der Waals surface area contributed by atoms with Crippen molar-refractivity contribution in [3.8, 4) is 0 Å². The molecule has 2 aliphatic rings. The van der Waals surface area contributed by atoms with Crippen LogP contribution in [0.15, 0.2) is 18.2 Å². The van der Waals surface area contributed by atoms with E-state index in [2.05, 4.69) is 5.32 Å². The van der Waals surface area contributed by atoms with E-state index in [-0.39, 0.29) is 23.9 Å². The fourth-order valence-electron chi connectivity index (χ4n) is 3.05. The van der Waals surface area contributed by atoms with Crippen LogP contribution in [-0.2, 0) is 0 Å². The Morgan fingerprint density at radius 1 is 1.21 bits per heavy atom. The highest BCUT2D eigenvalue weighted by Crippen LogP contribution is 2.29. The summed E-state index contributed by atoms with van der Waals surface area (Å²) in [7, 11) is 0. The normalized spacial score (nSPS) is 26.7. The Hall–Kier alpha value is -1.68. The number of benzene rings is 1. The molecule has 0 aliphatic carbocycles. The molecule has 1 saturated heterocycles. The number of carbonyl (C=O) groups excluding carboxylic acids is 2. The summed E-state index contributed by atoms with van der Waals surface area (Å²) in [5, 5.41) is 3.34. The molecule has 1 aromatic carbocycles. The summed E-state index contributed by atoms with van der Waals surface area (Å²) in [5.41, 5.74) is 2.12. The Kier molecular flexibility index (Phi) is 2.90. The summed E-state index contributed by atoms with van der Waals surface area (Å²) in [6, 6.07) is 5.61. The van der Waals surface area contributed by atoms with Crippen molar-refractivity contribution in [3.63, 3.8) is 0 Å². The van der Waals surface area contributed by atoms with E-state index in [4.69, 9.17) is 0 Å². The number of amides is 2. The summed E-state index contributed by atoms with van der Waals surface area (Å²) in [4.78, 5) is 26.4. The predicted octanol–water partition coefficient (Wildman–Crippen LogP) is 1.73. The lowest BCUT2D eigenvalue weighted by atomic mass is 9.98. The quantitative estimate of drug-likeness (QED) is 0.780. The van der Waals surface area contributed by atoms with Gasteiger partial charge in [-0.3, -0.25) is 14.5 Å². The second-order valence-electron chi connectivity index (χ2n) is 5.48. The van der Waals surface area contributed by atoms with Crippen LogP contribution in [0.2, 0.25) is 0 Å². The van der Waals surface area contributed by atoms with Crippen LogP contribution in [0.3, 0.4) is 0 Å². The lowest BCUT2D eigenvalue weighted by Gasteiger charge is -2.35. The zero-order valence-corrected chi connectivity index (χ0v) is 11.3. The second-order valence-corrected chi connectivity index (χ2v) is 5.48. The van der Waals surface area contributed by atoms with E-state index < -0.39 is 0 Å². The van der Waals surface area contributed by atoms with Gasteiger partial charge >= 0.3 is 0 Å². The van der Waals surface area contributed by atoms with E-state index in [9.17, 15) is 9.59 Å². The minimum atomic E-state index is -0.138. The average Bonchev–Trinajstić information content (AvgIpc) is 2.63. The van der Waals surface area contributed by atoms with Gasteiger partial charge in [0.15, 0.2) is 0 Å². The van der Waals surface area contributed by atoms with Gasteiger partial charge in [0.2, 0.25) is 0 Å². The molecule has 1 fully saturated rings. The Morgan fingerprint density at radius 3 is 2.68 bits per heavy atom. The molecule has 2 aliphatic heterocycles. The van der Waals surface area contributed by atoms with Gasteiger partial charge < -0.3 is 5.32 Å². The first-order valence-corrected chi connectivity index (χ1v) is 6.81. The molecule has 2 heterocycles. The van der Waals surface area contributed by atoms with Crippen molar-refractivity contribution in [1.82, 2.24) is 10.2 Å². The van der Waals surface area contributed by atoms with Crippen LogP contribution < -0.4 is 5.32 Å². The third-order valence-electron chi connectivity index (χ3n) is 4.13. The molecule has 1 N–H and O–H groups in total. The van der Waals surface area contributed by atoms with E-state index in [1.165, 1.54) is 4.90 Å². The Bertz CT molecular complexity index is 553. The molecular weight excluding hydrogens is 240 g/mol. The maximum atomic E-state index is 12.5. The zero-order valence-electron chi connectivity index (χ0n) is 11.3. The number of imide groups is 1. The van der Waals surface area contributed by atoms with E-state index >= 15 is 0 Å². The van der Waals surface area contributed by atoms with E-state index in [1.807, 2.05) is 26.0 Å². The zero-order chi connectivity index (χ0) is 13.6. The van der Waals surface area contributed by atoms with Crippen molar-refractivity contribution in [2.24, 2.45) is 0 Å². The van der Waals surface area contributed by atoms with Gasteiger partial charge in [-0.2, -0.15) is 0 Å². The first-order chi connectivity index (χ1) is 9.09. The van der Waals surface area contributed by atoms with Gasteiger partial charge in [0, 0.05) is 6.04 Å². The molecule has 0 aromatic heterocycles.